The summed E-state index contributed by atoms with van der Waals surface area (Å²) in [6, 6.07) is 4.65. The Morgan fingerprint density at radius 1 is 1.47 bits per heavy atom. The average molecular weight is 232 g/mol. The number of phenols is 1. The van der Waals surface area contributed by atoms with Crippen LogP contribution in [0.1, 0.15) is 17.3 Å². The van der Waals surface area contributed by atoms with Crippen LogP contribution in [0.2, 0.25) is 0 Å². The molecule has 1 amide bonds. The molecule has 1 aliphatic rings. The second kappa shape index (κ2) is 4.29. The SMILES string of the molecule is CC(=O)c1cc(NC2=CC(=O)NC2)ccc1O. The number of phenolic OH excluding ortho intramolecular Hbond substituents is 1. The molecule has 1 aromatic carbocycles. The van der Waals surface area contributed by atoms with Gasteiger partial charge in [0.25, 0.3) is 0 Å². The van der Waals surface area contributed by atoms with Gasteiger partial charge in [0.1, 0.15) is 5.75 Å². The molecule has 1 aromatic rings. The lowest BCUT2D eigenvalue weighted by Crippen LogP contribution is -2.16. The maximum Gasteiger partial charge on any atom is 0.246 e. The molecule has 88 valence electrons. The molecule has 17 heavy (non-hydrogen) atoms. The number of benzene rings is 1. The Morgan fingerprint density at radius 2 is 2.24 bits per heavy atom. The van der Waals surface area contributed by atoms with Crippen molar-refractivity contribution in [1.82, 2.24) is 5.32 Å². The Balaban J connectivity index is 2.22. The van der Waals surface area contributed by atoms with Gasteiger partial charge in [-0.1, -0.05) is 0 Å². The van der Waals surface area contributed by atoms with Crippen molar-refractivity contribution in [3.8, 4) is 5.75 Å². The molecule has 1 heterocycles. The second-order valence-corrected chi connectivity index (χ2v) is 3.80. The number of amides is 1. The van der Waals surface area contributed by atoms with Crippen LogP contribution in [-0.2, 0) is 4.79 Å². The van der Waals surface area contributed by atoms with Crippen LogP contribution >= 0.6 is 0 Å². The average Bonchev–Trinajstić information content (AvgIpc) is 2.66. The van der Waals surface area contributed by atoms with Crippen LogP contribution in [0, 0.1) is 0 Å². The summed E-state index contributed by atoms with van der Waals surface area (Å²) in [5.41, 5.74) is 1.65. The van der Waals surface area contributed by atoms with Gasteiger partial charge in [0, 0.05) is 17.5 Å². The standard InChI is InChI=1S/C12H12N2O3/c1-7(15)10-4-8(2-3-11(10)16)14-9-5-12(17)13-6-9/h2-5,14,16H,6H2,1H3,(H,13,17). The minimum Gasteiger partial charge on any atom is -0.507 e. The quantitative estimate of drug-likeness (QED) is 0.537. The largest absolute Gasteiger partial charge is 0.507 e. The van der Waals surface area contributed by atoms with E-state index in [2.05, 4.69) is 10.6 Å². The number of ketones is 1. The number of rotatable bonds is 3. The number of hydrogen-bond donors (Lipinski definition) is 3. The van der Waals surface area contributed by atoms with E-state index < -0.39 is 0 Å². The fourth-order valence-corrected chi connectivity index (χ4v) is 1.60. The lowest BCUT2D eigenvalue weighted by Gasteiger charge is -2.08. The summed E-state index contributed by atoms with van der Waals surface area (Å²) < 4.78 is 0. The zero-order valence-corrected chi connectivity index (χ0v) is 9.28. The zero-order valence-electron chi connectivity index (χ0n) is 9.28. The molecule has 3 N–H and O–H groups in total. The zero-order chi connectivity index (χ0) is 12.4. The number of aromatic hydroxyl groups is 1. The van der Waals surface area contributed by atoms with E-state index in [1.807, 2.05) is 0 Å². The second-order valence-electron chi connectivity index (χ2n) is 3.80. The number of anilines is 1. The Bertz CT molecular complexity index is 520. The van der Waals surface area contributed by atoms with Crippen molar-refractivity contribution in [3.05, 3.63) is 35.5 Å². The summed E-state index contributed by atoms with van der Waals surface area (Å²) in [5, 5.41) is 15.1. The molecule has 0 bridgehead atoms. The van der Waals surface area contributed by atoms with E-state index in [0.29, 0.717) is 12.2 Å². The van der Waals surface area contributed by atoms with Crippen LogP contribution in [0.4, 0.5) is 5.69 Å². The number of Topliss-reactive ketones (excluding diaryl/α,β-unsaturated/α-hetero) is 1. The van der Waals surface area contributed by atoms with Crippen molar-refractivity contribution >= 4 is 17.4 Å². The van der Waals surface area contributed by atoms with Crippen LogP contribution in [0.3, 0.4) is 0 Å². The molecule has 0 atom stereocenters. The number of hydrogen-bond acceptors (Lipinski definition) is 4. The molecule has 0 fully saturated rings. The molecule has 1 aliphatic heterocycles. The summed E-state index contributed by atoms with van der Waals surface area (Å²) in [6.07, 6.45) is 1.46. The monoisotopic (exact) mass is 232 g/mol. The Hall–Kier alpha value is -2.30. The third-order valence-corrected chi connectivity index (χ3v) is 2.44. The normalized spacial score (nSPS) is 14.2. The Kier molecular flexibility index (Phi) is 2.82. The highest BCUT2D eigenvalue weighted by Gasteiger charge is 2.12. The molecule has 0 spiro atoms. The van der Waals surface area contributed by atoms with Crippen molar-refractivity contribution in [3.63, 3.8) is 0 Å². The van der Waals surface area contributed by atoms with E-state index in [9.17, 15) is 14.7 Å². The van der Waals surface area contributed by atoms with Gasteiger partial charge in [-0.2, -0.15) is 0 Å². The summed E-state index contributed by atoms with van der Waals surface area (Å²) >= 11 is 0. The van der Waals surface area contributed by atoms with Gasteiger partial charge in [-0.15, -0.1) is 0 Å². The third kappa shape index (κ3) is 2.44. The first-order chi connectivity index (χ1) is 8.06. The van der Waals surface area contributed by atoms with Crippen molar-refractivity contribution in [1.29, 1.82) is 0 Å². The summed E-state index contributed by atoms with van der Waals surface area (Å²) in [5.74, 6) is -0.392. The summed E-state index contributed by atoms with van der Waals surface area (Å²) in [6.45, 7) is 1.83. The van der Waals surface area contributed by atoms with Crippen molar-refractivity contribution < 1.29 is 14.7 Å². The first-order valence-corrected chi connectivity index (χ1v) is 5.15. The van der Waals surface area contributed by atoms with Crippen LogP contribution in [0.15, 0.2) is 30.0 Å². The maximum absolute atomic E-state index is 11.2. The minimum absolute atomic E-state index is 0.0438. The van der Waals surface area contributed by atoms with Gasteiger partial charge in [0.15, 0.2) is 5.78 Å². The van der Waals surface area contributed by atoms with E-state index >= 15 is 0 Å². The Labute approximate surface area is 98.1 Å². The lowest BCUT2D eigenvalue weighted by molar-refractivity contribution is -0.115. The van der Waals surface area contributed by atoms with Crippen LogP contribution in [-0.4, -0.2) is 23.3 Å². The summed E-state index contributed by atoms with van der Waals surface area (Å²) in [7, 11) is 0. The maximum atomic E-state index is 11.2. The summed E-state index contributed by atoms with van der Waals surface area (Å²) in [4.78, 5) is 22.2. The highest BCUT2D eigenvalue weighted by Crippen LogP contribution is 2.23. The topological polar surface area (TPSA) is 78.4 Å². The van der Waals surface area contributed by atoms with Crippen LogP contribution in [0.5, 0.6) is 5.75 Å². The molecule has 0 aromatic heterocycles. The molecule has 0 aliphatic carbocycles. The molecule has 0 unspecified atom stereocenters. The molecule has 5 heteroatoms. The van der Waals surface area contributed by atoms with Crippen LogP contribution < -0.4 is 10.6 Å². The minimum atomic E-state index is -0.208. The number of carbonyl (C=O) groups is 2. The number of nitrogens with one attached hydrogen (secondary N) is 2. The van der Waals surface area contributed by atoms with E-state index in [1.54, 1.807) is 12.1 Å². The van der Waals surface area contributed by atoms with Crippen molar-refractivity contribution in [2.45, 2.75) is 6.92 Å². The third-order valence-electron chi connectivity index (χ3n) is 2.44. The molecule has 2 rings (SSSR count). The van der Waals surface area contributed by atoms with E-state index in [0.717, 1.165) is 5.70 Å². The smallest absolute Gasteiger partial charge is 0.246 e. The molecule has 0 saturated heterocycles. The first kappa shape index (κ1) is 11.2. The lowest BCUT2D eigenvalue weighted by atomic mass is 10.1. The number of carbonyl (C=O) groups excluding carboxylic acids is 2. The molecular formula is C12H12N2O3. The molecule has 0 radical (unpaired) electrons. The first-order valence-electron chi connectivity index (χ1n) is 5.15. The van der Waals surface area contributed by atoms with Crippen LogP contribution in [0.25, 0.3) is 0 Å². The van der Waals surface area contributed by atoms with E-state index in [1.165, 1.54) is 19.1 Å². The fraction of sp³-hybridized carbons (Fsp3) is 0.167. The Morgan fingerprint density at radius 3 is 2.82 bits per heavy atom. The van der Waals surface area contributed by atoms with Gasteiger partial charge in [-0.25, -0.2) is 0 Å². The highest BCUT2D eigenvalue weighted by atomic mass is 16.3. The predicted molar refractivity (Wildman–Crippen MR) is 62.8 cm³/mol. The molecular weight excluding hydrogens is 220 g/mol. The van der Waals surface area contributed by atoms with Gasteiger partial charge in [-0.3, -0.25) is 9.59 Å². The fourth-order valence-electron chi connectivity index (χ4n) is 1.60. The van der Waals surface area contributed by atoms with Gasteiger partial charge in [0.2, 0.25) is 5.91 Å². The van der Waals surface area contributed by atoms with Gasteiger partial charge >= 0.3 is 0 Å². The van der Waals surface area contributed by atoms with Crippen molar-refractivity contribution in [2.24, 2.45) is 0 Å². The molecule has 0 saturated carbocycles. The predicted octanol–water partition coefficient (Wildman–Crippen LogP) is 1.02. The van der Waals surface area contributed by atoms with E-state index in [4.69, 9.17) is 0 Å². The highest BCUT2D eigenvalue weighted by molar-refractivity contribution is 5.98. The van der Waals surface area contributed by atoms with E-state index in [-0.39, 0.29) is 23.0 Å². The van der Waals surface area contributed by atoms with Crippen molar-refractivity contribution in [2.75, 3.05) is 11.9 Å². The molecule has 5 nitrogen and oxygen atoms in total. The van der Waals surface area contributed by atoms with Gasteiger partial charge in [-0.05, 0) is 25.1 Å². The van der Waals surface area contributed by atoms with Gasteiger partial charge < -0.3 is 15.7 Å². The van der Waals surface area contributed by atoms with Gasteiger partial charge in [0.05, 0.1) is 12.1 Å².